The van der Waals surface area contributed by atoms with Crippen molar-refractivity contribution in [1.82, 2.24) is 15.3 Å². The van der Waals surface area contributed by atoms with Gasteiger partial charge in [0.1, 0.15) is 5.82 Å². The molecule has 2 N–H and O–H groups in total. The van der Waals surface area contributed by atoms with Gasteiger partial charge < -0.3 is 10.3 Å². The van der Waals surface area contributed by atoms with Crippen LogP contribution in [0.5, 0.6) is 0 Å². The normalized spacial score (nSPS) is 16.4. The maximum absolute atomic E-state index is 4.38. The summed E-state index contributed by atoms with van der Waals surface area (Å²) in [7, 11) is 1.93. The van der Waals surface area contributed by atoms with Crippen LogP contribution in [0.1, 0.15) is 49.4 Å². The largest absolute Gasteiger partial charge is 0.341 e. The molecule has 0 spiro atoms. The third-order valence-corrected chi connectivity index (χ3v) is 4.27. The average molecular weight is 269 g/mol. The summed E-state index contributed by atoms with van der Waals surface area (Å²) in [5, 5.41) is 3.11. The quantitative estimate of drug-likeness (QED) is 0.885. The molecular weight excluding hydrogens is 246 g/mol. The van der Waals surface area contributed by atoms with Gasteiger partial charge in [0.15, 0.2) is 0 Å². The van der Waals surface area contributed by atoms with Crippen LogP contribution in [0.25, 0.3) is 11.3 Å². The molecular formula is C17H23N3. The molecule has 3 rings (SSSR count). The van der Waals surface area contributed by atoms with E-state index < -0.39 is 0 Å². The van der Waals surface area contributed by atoms with Crippen molar-refractivity contribution >= 4 is 0 Å². The number of imidazole rings is 1. The van der Waals surface area contributed by atoms with Crippen LogP contribution in [-0.2, 0) is 6.54 Å². The number of hydrogen-bond acceptors (Lipinski definition) is 2. The predicted octanol–water partition coefficient (Wildman–Crippen LogP) is 3.84. The molecule has 1 aromatic heterocycles. The summed E-state index contributed by atoms with van der Waals surface area (Å²) in [6, 6.07) is 9.04. The highest BCUT2D eigenvalue weighted by Gasteiger charge is 2.15. The van der Waals surface area contributed by atoms with Crippen LogP contribution in [0.15, 0.2) is 30.5 Å². The Labute approximate surface area is 120 Å². The van der Waals surface area contributed by atoms with Gasteiger partial charge in [0.25, 0.3) is 0 Å². The second-order valence-electron chi connectivity index (χ2n) is 5.73. The molecule has 1 aliphatic rings. The average Bonchev–Trinajstić information content (AvgIpc) is 2.97. The number of hydrogen-bond donors (Lipinski definition) is 2. The van der Waals surface area contributed by atoms with Crippen molar-refractivity contribution in [1.29, 1.82) is 0 Å². The second kappa shape index (κ2) is 6.23. The predicted molar refractivity (Wildman–Crippen MR) is 82.6 cm³/mol. The van der Waals surface area contributed by atoms with Crippen LogP contribution >= 0.6 is 0 Å². The Balaban J connectivity index is 1.74. The van der Waals surface area contributed by atoms with Crippen LogP contribution in [0.2, 0.25) is 0 Å². The molecule has 3 heteroatoms. The molecule has 2 aromatic rings. The van der Waals surface area contributed by atoms with Crippen molar-refractivity contribution in [3.05, 3.63) is 41.9 Å². The number of aromatic nitrogens is 2. The van der Waals surface area contributed by atoms with E-state index in [1.165, 1.54) is 43.2 Å². The molecule has 0 amide bonds. The summed E-state index contributed by atoms with van der Waals surface area (Å²) < 4.78 is 0. The summed E-state index contributed by atoms with van der Waals surface area (Å²) >= 11 is 0. The molecule has 1 aliphatic carbocycles. The summed E-state index contributed by atoms with van der Waals surface area (Å²) in [6.45, 7) is 0.778. The van der Waals surface area contributed by atoms with E-state index in [0.29, 0.717) is 0 Å². The Morgan fingerprint density at radius 1 is 1.15 bits per heavy atom. The van der Waals surface area contributed by atoms with Gasteiger partial charge in [0.2, 0.25) is 0 Å². The standard InChI is InChI=1S/C17H23N3/c1-18-12-17-19-11-16(20-17)15-9-7-14(8-10-15)13-5-3-2-4-6-13/h7-11,13,18H,2-6,12H2,1H3,(H,19,20). The van der Waals surface area contributed by atoms with Crippen molar-refractivity contribution < 1.29 is 0 Å². The molecule has 20 heavy (non-hydrogen) atoms. The first-order valence-corrected chi connectivity index (χ1v) is 7.65. The first-order chi connectivity index (χ1) is 9.86. The SMILES string of the molecule is CNCc1ncc(-c2ccc(C3CCCCC3)cc2)[nH]1. The summed E-state index contributed by atoms with van der Waals surface area (Å²) in [4.78, 5) is 7.73. The van der Waals surface area contributed by atoms with Gasteiger partial charge in [-0.15, -0.1) is 0 Å². The van der Waals surface area contributed by atoms with Crippen LogP contribution in [0.4, 0.5) is 0 Å². The Kier molecular flexibility index (Phi) is 4.16. The lowest BCUT2D eigenvalue weighted by Crippen LogP contribution is -2.06. The van der Waals surface area contributed by atoms with Crippen molar-refractivity contribution in [3.8, 4) is 11.3 Å². The highest BCUT2D eigenvalue weighted by molar-refractivity contribution is 5.59. The minimum Gasteiger partial charge on any atom is -0.341 e. The fraction of sp³-hybridized carbons (Fsp3) is 0.471. The maximum atomic E-state index is 4.38. The number of rotatable bonds is 4. The lowest BCUT2D eigenvalue weighted by Gasteiger charge is -2.22. The van der Waals surface area contributed by atoms with E-state index >= 15 is 0 Å². The van der Waals surface area contributed by atoms with Gasteiger partial charge in [-0.1, -0.05) is 43.5 Å². The highest BCUT2D eigenvalue weighted by Crippen LogP contribution is 2.33. The molecule has 3 nitrogen and oxygen atoms in total. The Morgan fingerprint density at radius 2 is 1.90 bits per heavy atom. The van der Waals surface area contributed by atoms with E-state index in [-0.39, 0.29) is 0 Å². The molecule has 1 saturated carbocycles. The van der Waals surface area contributed by atoms with E-state index in [2.05, 4.69) is 39.6 Å². The van der Waals surface area contributed by atoms with E-state index in [9.17, 15) is 0 Å². The minimum atomic E-state index is 0.777. The third-order valence-electron chi connectivity index (χ3n) is 4.27. The Hall–Kier alpha value is -1.61. The Bertz CT molecular complexity index is 536. The molecule has 1 aromatic carbocycles. The zero-order chi connectivity index (χ0) is 13.8. The zero-order valence-corrected chi connectivity index (χ0v) is 12.2. The number of nitrogens with one attached hydrogen (secondary N) is 2. The van der Waals surface area contributed by atoms with Crippen LogP contribution < -0.4 is 5.32 Å². The van der Waals surface area contributed by atoms with Crippen molar-refractivity contribution in [3.63, 3.8) is 0 Å². The van der Waals surface area contributed by atoms with Crippen molar-refractivity contribution in [2.24, 2.45) is 0 Å². The van der Waals surface area contributed by atoms with E-state index in [1.54, 1.807) is 0 Å². The molecule has 0 bridgehead atoms. The fourth-order valence-corrected chi connectivity index (χ4v) is 3.14. The van der Waals surface area contributed by atoms with Crippen molar-refractivity contribution in [2.75, 3.05) is 7.05 Å². The molecule has 0 unspecified atom stereocenters. The van der Waals surface area contributed by atoms with E-state index in [4.69, 9.17) is 0 Å². The van der Waals surface area contributed by atoms with Crippen molar-refractivity contribution in [2.45, 2.75) is 44.6 Å². The molecule has 1 fully saturated rings. The lowest BCUT2D eigenvalue weighted by molar-refractivity contribution is 0.443. The van der Waals surface area contributed by atoms with Gasteiger partial charge >= 0.3 is 0 Å². The zero-order valence-electron chi connectivity index (χ0n) is 12.2. The summed E-state index contributed by atoms with van der Waals surface area (Å²) in [6.07, 6.45) is 8.82. The van der Waals surface area contributed by atoms with Crippen LogP contribution in [-0.4, -0.2) is 17.0 Å². The van der Waals surface area contributed by atoms with Gasteiger partial charge in [-0.05, 0) is 36.9 Å². The maximum Gasteiger partial charge on any atom is 0.120 e. The fourth-order valence-electron chi connectivity index (χ4n) is 3.14. The molecule has 0 aliphatic heterocycles. The van der Waals surface area contributed by atoms with Gasteiger partial charge in [-0.3, -0.25) is 0 Å². The summed E-state index contributed by atoms with van der Waals surface area (Å²) in [5.41, 5.74) is 3.83. The van der Waals surface area contributed by atoms with Gasteiger partial charge in [0, 0.05) is 0 Å². The smallest absolute Gasteiger partial charge is 0.120 e. The Morgan fingerprint density at radius 3 is 2.60 bits per heavy atom. The first kappa shape index (κ1) is 13.4. The molecule has 0 radical (unpaired) electrons. The lowest BCUT2D eigenvalue weighted by atomic mass is 9.84. The topological polar surface area (TPSA) is 40.7 Å². The second-order valence-corrected chi connectivity index (χ2v) is 5.73. The molecule has 1 heterocycles. The molecule has 0 saturated heterocycles. The number of nitrogens with zero attached hydrogens (tertiary/aromatic N) is 1. The highest BCUT2D eigenvalue weighted by atomic mass is 15.0. The van der Waals surface area contributed by atoms with Crippen LogP contribution in [0.3, 0.4) is 0 Å². The van der Waals surface area contributed by atoms with E-state index in [0.717, 1.165) is 24.0 Å². The van der Waals surface area contributed by atoms with Gasteiger partial charge in [0.05, 0.1) is 18.4 Å². The number of benzene rings is 1. The molecule has 106 valence electrons. The van der Waals surface area contributed by atoms with Gasteiger partial charge in [-0.2, -0.15) is 0 Å². The monoisotopic (exact) mass is 269 g/mol. The van der Waals surface area contributed by atoms with Gasteiger partial charge in [-0.25, -0.2) is 4.98 Å². The number of H-pyrrole nitrogens is 1. The third kappa shape index (κ3) is 2.93. The molecule has 0 atom stereocenters. The number of aromatic amines is 1. The van der Waals surface area contributed by atoms with Crippen LogP contribution in [0, 0.1) is 0 Å². The minimum absolute atomic E-state index is 0.777. The van der Waals surface area contributed by atoms with E-state index in [1.807, 2.05) is 13.2 Å². The summed E-state index contributed by atoms with van der Waals surface area (Å²) in [5.74, 6) is 1.76. The first-order valence-electron chi connectivity index (χ1n) is 7.65.